The molecule has 0 amide bonds. The molecule has 2 nitrogen and oxygen atoms in total. The van der Waals surface area contributed by atoms with E-state index in [1.807, 2.05) is 0 Å². The molecule has 1 aliphatic rings. The van der Waals surface area contributed by atoms with Crippen molar-refractivity contribution in [3.05, 3.63) is 97.1 Å². The Kier molecular flexibility index (Phi) is 5.63. The van der Waals surface area contributed by atoms with Crippen LogP contribution in [0.1, 0.15) is 23.2 Å². The summed E-state index contributed by atoms with van der Waals surface area (Å²) in [5.41, 5.74) is 2.65. The highest BCUT2D eigenvalue weighted by atomic mass is 15.3. The second kappa shape index (κ2) is 8.09. The van der Waals surface area contributed by atoms with Crippen molar-refractivity contribution in [2.75, 3.05) is 26.2 Å². The fourth-order valence-corrected chi connectivity index (χ4v) is 3.59. The van der Waals surface area contributed by atoms with Gasteiger partial charge < -0.3 is 0 Å². The predicted octanol–water partition coefficient (Wildman–Crippen LogP) is 4.46. The molecule has 2 aromatic rings. The van der Waals surface area contributed by atoms with Gasteiger partial charge in [0.1, 0.15) is 0 Å². The van der Waals surface area contributed by atoms with Gasteiger partial charge in [0.15, 0.2) is 0 Å². The van der Waals surface area contributed by atoms with Crippen molar-refractivity contribution in [3.63, 3.8) is 0 Å². The molecular weight excluding hydrogens is 292 g/mol. The Morgan fingerprint density at radius 2 is 0.958 bits per heavy atom. The standard InChI is InChI=1S/C22H26N2/c1-3-21(19-11-7-5-8-12-19)23-15-17-24(18-16-23)22(4-2)20-13-9-6-10-14-20/h3-14,21-22H,1-2,15-18H2. The van der Waals surface area contributed by atoms with Gasteiger partial charge in [-0.05, 0) is 11.1 Å². The van der Waals surface area contributed by atoms with Crippen LogP contribution in [0.25, 0.3) is 0 Å². The molecule has 1 heterocycles. The first kappa shape index (κ1) is 16.7. The highest BCUT2D eigenvalue weighted by Crippen LogP contribution is 2.27. The molecule has 1 fully saturated rings. The smallest absolute Gasteiger partial charge is 0.0529 e. The van der Waals surface area contributed by atoms with Gasteiger partial charge in [-0.15, -0.1) is 13.2 Å². The van der Waals surface area contributed by atoms with Gasteiger partial charge in [0.25, 0.3) is 0 Å². The van der Waals surface area contributed by atoms with Crippen molar-refractivity contribution in [2.45, 2.75) is 12.1 Å². The molecule has 0 bridgehead atoms. The Labute approximate surface area is 145 Å². The van der Waals surface area contributed by atoms with Gasteiger partial charge in [-0.25, -0.2) is 0 Å². The molecule has 2 heteroatoms. The van der Waals surface area contributed by atoms with E-state index in [0.29, 0.717) is 12.1 Å². The first-order chi connectivity index (χ1) is 11.8. The minimum absolute atomic E-state index is 0.298. The van der Waals surface area contributed by atoms with E-state index in [2.05, 4.69) is 95.8 Å². The summed E-state index contributed by atoms with van der Waals surface area (Å²) in [6.45, 7) is 12.3. The zero-order valence-corrected chi connectivity index (χ0v) is 14.2. The zero-order valence-electron chi connectivity index (χ0n) is 14.2. The first-order valence-corrected chi connectivity index (χ1v) is 8.66. The van der Waals surface area contributed by atoms with Crippen molar-refractivity contribution >= 4 is 0 Å². The van der Waals surface area contributed by atoms with Crippen LogP contribution in [0.2, 0.25) is 0 Å². The molecule has 0 aliphatic carbocycles. The average molecular weight is 318 g/mol. The largest absolute Gasteiger partial charge is 0.290 e. The van der Waals surface area contributed by atoms with E-state index in [-0.39, 0.29) is 0 Å². The summed E-state index contributed by atoms with van der Waals surface area (Å²) in [6.07, 6.45) is 4.13. The van der Waals surface area contributed by atoms with Crippen molar-refractivity contribution < 1.29 is 0 Å². The van der Waals surface area contributed by atoms with Crippen LogP contribution in [0.4, 0.5) is 0 Å². The summed E-state index contributed by atoms with van der Waals surface area (Å²) in [4.78, 5) is 5.04. The Bertz CT molecular complexity index is 583. The van der Waals surface area contributed by atoms with Gasteiger partial charge >= 0.3 is 0 Å². The maximum atomic E-state index is 4.06. The molecule has 0 saturated carbocycles. The van der Waals surface area contributed by atoms with E-state index in [0.717, 1.165) is 26.2 Å². The van der Waals surface area contributed by atoms with E-state index in [1.54, 1.807) is 0 Å². The molecule has 24 heavy (non-hydrogen) atoms. The van der Waals surface area contributed by atoms with Crippen molar-refractivity contribution in [1.29, 1.82) is 0 Å². The SMILES string of the molecule is C=CC(c1ccccc1)N1CCN(C(C=C)c2ccccc2)CC1. The lowest BCUT2D eigenvalue weighted by Gasteiger charge is -2.41. The number of nitrogens with zero attached hydrogens (tertiary/aromatic N) is 2. The summed E-state index contributed by atoms with van der Waals surface area (Å²) < 4.78 is 0. The van der Waals surface area contributed by atoms with Crippen molar-refractivity contribution in [1.82, 2.24) is 9.80 Å². The van der Waals surface area contributed by atoms with Crippen LogP contribution in [-0.2, 0) is 0 Å². The summed E-state index contributed by atoms with van der Waals surface area (Å²) in [6, 6.07) is 21.9. The zero-order chi connectivity index (χ0) is 16.8. The van der Waals surface area contributed by atoms with Gasteiger partial charge in [0.2, 0.25) is 0 Å². The molecule has 3 rings (SSSR count). The molecule has 0 N–H and O–H groups in total. The van der Waals surface area contributed by atoms with E-state index in [4.69, 9.17) is 0 Å². The molecule has 2 aromatic carbocycles. The van der Waals surface area contributed by atoms with Gasteiger partial charge in [0.05, 0.1) is 12.1 Å². The minimum Gasteiger partial charge on any atom is -0.290 e. The van der Waals surface area contributed by atoms with Crippen LogP contribution in [0.5, 0.6) is 0 Å². The first-order valence-electron chi connectivity index (χ1n) is 8.66. The number of benzene rings is 2. The number of hydrogen-bond donors (Lipinski definition) is 0. The molecular formula is C22H26N2. The van der Waals surface area contributed by atoms with Gasteiger partial charge in [0, 0.05) is 26.2 Å². The van der Waals surface area contributed by atoms with Crippen LogP contribution < -0.4 is 0 Å². The lowest BCUT2D eigenvalue weighted by Crippen LogP contribution is -2.48. The Hall–Kier alpha value is -2.16. The third kappa shape index (κ3) is 3.66. The van der Waals surface area contributed by atoms with E-state index in [1.165, 1.54) is 11.1 Å². The maximum Gasteiger partial charge on any atom is 0.0529 e. The van der Waals surface area contributed by atoms with Gasteiger partial charge in [-0.1, -0.05) is 72.8 Å². The molecule has 124 valence electrons. The number of piperazine rings is 1. The summed E-state index contributed by atoms with van der Waals surface area (Å²) in [7, 11) is 0. The van der Waals surface area contributed by atoms with Crippen LogP contribution in [-0.4, -0.2) is 36.0 Å². The molecule has 2 atom stereocenters. The van der Waals surface area contributed by atoms with Crippen molar-refractivity contribution in [2.24, 2.45) is 0 Å². The topological polar surface area (TPSA) is 6.48 Å². The highest BCUT2D eigenvalue weighted by Gasteiger charge is 2.26. The summed E-state index contributed by atoms with van der Waals surface area (Å²) >= 11 is 0. The van der Waals surface area contributed by atoms with Gasteiger partial charge in [-0.2, -0.15) is 0 Å². The third-order valence-corrected chi connectivity index (χ3v) is 4.86. The minimum atomic E-state index is 0.298. The normalized spacial score (nSPS) is 18.7. The predicted molar refractivity (Wildman–Crippen MR) is 102 cm³/mol. The van der Waals surface area contributed by atoms with E-state index >= 15 is 0 Å². The molecule has 1 aliphatic heterocycles. The number of hydrogen-bond acceptors (Lipinski definition) is 2. The van der Waals surface area contributed by atoms with Gasteiger partial charge in [-0.3, -0.25) is 9.80 Å². The molecule has 0 aromatic heterocycles. The van der Waals surface area contributed by atoms with E-state index in [9.17, 15) is 0 Å². The molecule has 1 saturated heterocycles. The molecule has 2 unspecified atom stereocenters. The fraction of sp³-hybridized carbons (Fsp3) is 0.273. The highest BCUT2D eigenvalue weighted by molar-refractivity contribution is 5.24. The fourth-order valence-electron chi connectivity index (χ4n) is 3.59. The lowest BCUT2D eigenvalue weighted by atomic mass is 10.0. The van der Waals surface area contributed by atoms with Crippen LogP contribution in [0, 0.1) is 0 Å². The molecule has 0 radical (unpaired) electrons. The maximum absolute atomic E-state index is 4.06. The summed E-state index contributed by atoms with van der Waals surface area (Å²) in [5, 5.41) is 0. The van der Waals surface area contributed by atoms with Crippen LogP contribution in [0.3, 0.4) is 0 Å². The second-order valence-corrected chi connectivity index (χ2v) is 6.25. The van der Waals surface area contributed by atoms with Crippen LogP contribution >= 0.6 is 0 Å². The quantitative estimate of drug-likeness (QED) is 0.726. The second-order valence-electron chi connectivity index (χ2n) is 6.25. The van der Waals surface area contributed by atoms with Crippen LogP contribution in [0.15, 0.2) is 86.0 Å². The van der Waals surface area contributed by atoms with E-state index < -0.39 is 0 Å². The third-order valence-electron chi connectivity index (χ3n) is 4.86. The summed E-state index contributed by atoms with van der Waals surface area (Å²) in [5.74, 6) is 0. The Morgan fingerprint density at radius 1 is 0.625 bits per heavy atom. The average Bonchev–Trinajstić information content (AvgIpc) is 2.66. The lowest BCUT2D eigenvalue weighted by molar-refractivity contribution is 0.0942. The van der Waals surface area contributed by atoms with Crippen molar-refractivity contribution in [3.8, 4) is 0 Å². The Balaban J connectivity index is 1.66. The number of rotatable bonds is 6. The Morgan fingerprint density at radius 3 is 1.25 bits per heavy atom. The monoisotopic (exact) mass is 318 g/mol. The molecule has 0 spiro atoms.